The van der Waals surface area contributed by atoms with Crippen molar-refractivity contribution in [2.24, 2.45) is 5.11 Å². The fraction of sp³-hybridized carbons (Fsp3) is 0.333. The Morgan fingerprint density at radius 3 is 2.72 bits per heavy atom. The lowest BCUT2D eigenvalue weighted by atomic mass is 10.2. The molecule has 0 spiro atoms. The zero-order valence-corrected chi connectivity index (χ0v) is 10.1. The fourth-order valence-electron chi connectivity index (χ4n) is 1.52. The molecule has 1 heterocycles. The summed E-state index contributed by atoms with van der Waals surface area (Å²) in [6.07, 6.45) is 2.94. The van der Waals surface area contributed by atoms with Crippen molar-refractivity contribution < 1.29 is 4.42 Å². The zero-order chi connectivity index (χ0) is 12.8. The van der Waals surface area contributed by atoms with E-state index >= 15 is 0 Å². The Hall–Kier alpha value is -2.33. The Balaban J connectivity index is 2.15. The second-order valence-electron chi connectivity index (χ2n) is 3.84. The summed E-state index contributed by atoms with van der Waals surface area (Å²) in [7, 11) is 0. The highest BCUT2D eigenvalue weighted by Gasteiger charge is 2.07. The molecule has 0 radical (unpaired) electrons. The molecular formula is C12H13N5O. The third-order valence-electron chi connectivity index (χ3n) is 2.49. The molecule has 92 valence electrons. The molecule has 0 amide bonds. The molecule has 6 nitrogen and oxygen atoms in total. The van der Waals surface area contributed by atoms with E-state index < -0.39 is 0 Å². The molecular weight excluding hydrogens is 230 g/mol. The van der Waals surface area contributed by atoms with Crippen LogP contribution in [0.3, 0.4) is 0 Å². The minimum Gasteiger partial charge on any atom is -0.421 e. The molecule has 2 rings (SSSR count). The molecule has 0 fully saturated rings. The van der Waals surface area contributed by atoms with Crippen molar-refractivity contribution in [1.82, 2.24) is 10.2 Å². The number of nitrogens with zero attached hydrogens (tertiary/aromatic N) is 5. The molecule has 0 atom stereocenters. The number of unbranched alkanes of at least 4 members (excludes halogenated alkanes) is 1. The van der Waals surface area contributed by atoms with Gasteiger partial charge in [0.2, 0.25) is 11.8 Å². The number of aryl methyl sites for hydroxylation is 1. The van der Waals surface area contributed by atoms with E-state index in [2.05, 4.69) is 27.1 Å². The summed E-state index contributed by atoms with van der Waals surface area (Å²) < 4.78 is 5.55. The first kappa shape index (κ1) is 12.1. The summed E-state index contributed by atoms with van der Waals surface area (Å²) in [5, 5.41) is 11.5. The second kappa shape index (κ2) is 5.84. The summed E-state index contributed by atoms with van der Waals surface area (Å²) in [5.74, 6) is 1.15. The Bertz CT molecular complexity index is 554. The molecule has 6 heteroatoms. The van der Waals surface area contributed by atoms with Gasteiger partial charge in [-0.3, -0.25) is 0 Å². The van der Waals surface area contributed by atoms with Crippen molar-refractivity contribution in [3.63, 3.8) is 0 Å². The van der Waals surface area contributed by atoms with Crippen LogP contribution in [-0.2, 0) is 6.42 Å². The van der Waals surface area contributed by atoms with Crippen LogP contribution in [0, 0.1) is 0 Å². The zero-order valence-electron chi connectivity index (χ0n) is 10.1. The highest BCUT2D eigenvalue weighted by atomic mass is 16.4. The van der Waals surface area contributed by atoms with Gasteiger partial charge in [0.15, 0.2) is 0 Å². The SMILES string of the molecule is CCCCc1nnc(-c2ccc(N=[N+]=[N-])cc2)o1. The van der Waals surface area contributed by atoms with E-state index in [1.807, 2.05) is 0 Å². The summed E-state index contributed by atoms with van der Waals surface area (Å²) in [6, 6.07) is 7.01. The van der Waals surface area contributed by atoms with Gasteiger partial charge in [0.25, 0.3) is 0 Å². The van der Waals surface area contributed by atoms with E-state index in [0.717, 1.165) is 24.8 Å². The second-order valence-corrected chi connectivity index (χ2v) is 3.84. The largest absolute Gasteiger partial charge is 0.421 e. The van der Waals surface area contributed by atoms with E-state index in [9.17, 15) is 0 Å². The number of azide groups is 1. The minimum atomic E-state index is 0.494. The Labute approximate surface area is 104 Å². The van der Waals surface area contributed by atoms with Gasteiger partial charge in [-0.1, -0.05) is 30.6 Å². The van der Waals surface area contributed by atoms with Crippen molar-refractivity contribution in [1.29, 1.82) is 0 Å². The number of benzene rings is 1. The van der Waals surface area contributed by atoms with Gasteiger partial charge in [-0.05, 0) is 24.1 Å². The molecule has 0 saturated carbocycles. The fourth-order valence-corrected chi connectivity index (χ4v) is 1.52. The monoisotopic (exact) mass is 243 g/mol. The standard InChI is InChI=1S/C12H13N5O/c1-2-3-4-11-15-16-12(18-11)9-5-7-10(8-6-9)14-17-13/h5-8H,2-4H2,1H3. The molecule has 0 aliphatic heterocycles. The van der Waals surface area contributed by atoms with E-state index in [-0.39, 0.29) is 0 Å². The summed E-state index contributed by atoms with van der Waals surface area (Å²) in [6.45, 7) is 2.12. The third-order valence-corrected chi connectivity index (χ3v) is 2.49. The van der Waals surface area contributed by atoms with Crippen LogP contribution < -0.4 is 0 Å². The average molecular weight is 243 g/mol. The lowest BCUT2D eigenvalue weighted by Crippen LogP contribution is -1.83. The molecule has 2 aromatic rings. The van der Waals surface area contributed by atoms with Gasteiger partial charge in [0.05, 0.1) is 0 Å². The van der Waals surface area contributed by atoms with Crippen LogP contribution in [0.4, 0.5) is 5.69 Å². The van der Waals surface area contributed by atoms with Gasteiger partial charge < -0.3 is 4.42 Å². The molecule has 0 aliphatic carbocycles. The van der Waals surface area contributed by atoms with Gasteiger partial charge in [0, 0.05) is 22.6 Å². The van der Waals surface area contributed by atoms with Gasteiger partial charge in [0.1, 0.15) is 0 Å². The lowest BCUT2D eigenvalue weighted by molar-refractivity contribution is 0.496. The first-order chi connectivity index (χ1) is 8.83. The Morgan fingerprint density at radius 2 is 2.06 bits per heavy atom. The number of hydrogen-bond donors (Lipinski definition) is 0. The highest BCUT2D eigenvalue weighted by molar-refractivity contribution is 5.56. The lowest BCUT2D eigenvalue weighted by Gasteiger charge is -1.95. The number of aromatic nitrogens is 2. The van der Waals surface area contributed by atoms with Gasteiger partial charge >= 0.3 is 0 Å². The van der Waals surface area contributed by atoms with Crippen LogP contribution in [0.25, 0.3) is 21.9 Å². The highest BCUT2D eigenvalue weighted by Crippen LogP contribution is 2.22. The normalized spacial score (nSPS) is 10.1. The van der Waals surface area contributed by atoms with Crippen LogP contribution >= 0.6 is 0 Å². The van der Waals surface area contributed by atoms with E-state index in [4.69, 9.17) is 9.95 Å². The first-order valence-electron chi connectivity index (χ1n) is 5.81. The maximum atomic E-state index is 8.31. The molecule has 0 unspecified atom stereocenters. The molecule has 1 aromatic carbocycles. The van der Waals surface area contributed by atoms with Gasteiger partial charge in [-0.15, -0.1) is 10.2 Å². The van der Waals surface area contributed by atoms with E-state index in [1.165, 1.54) is 0 Å². The number of rotatable bonds is 5. The summed E-state index contributed by atoms with van der Waals surface area (Å²) in [5.41, 5.74) is 9.69. The van der Waals surface area contributed by atoms with Crippen molar-refractivity contribution in [3.8, 4) is 11.5 Å². The Kier molecular flexibility index (Phi) is 3.94. The average Bonchev–Trinajstić information content (AvgIpc) is 2.86. The smallest absolute Gasteiger partial charge is 0.247 e. The molecule has 0 saturated heterocycles. The number of hydrogen-bond acceptors (Lipinski definition) is 4. The Morgan fingerprint density at radius 1 is 1.28 bits per heavy atom. The van der Waals surface area contributed by atoms with Crippen LogP contribution in [0.1, 0.15) is 25.7 Å². The minimum absolute atomic E-state index is 0.494. The van der Waals surface area contributed by atoms with Crippen LogP contribution in [-0.4, -0.2) is 10.2 Å². The van der Waals surface area contributed by atoms with Gasteiger partial charge in [-0.25, -0.2) is 0 Å². The van der Waals surface area contributed by atoms with Crippen LogP contribution in [0.2, 0.25) is 0 Å². The van der Waals surface area contributed by atoms with Crippen LogP contribution in [0.5, 0.6) is 0 Å². The molecule has 0 aliphatic rings. The maximum Gasteiger partial charge on any atom is 0.247 e. The van der Waals surface area contributed by atoms with E-state index in [0.29, 0.717) is 17.5 Å². The summed E-state index contributed by atoms with van der Waals surface area (Å²) in [4.78, 5) is 2.72. The van der Waals surface area contributed by atoms with Crippen molar-refractivity contribution in [2.45, 2.75) is 26.2 Å². The maximum absolute atomic E-state index is 8.31. The van der Waals surface area contributed by atoms with E-state index in [1.54, 1.807) is 24.3 Å². The van der Waals surface area contributed by atoms with Crippen molar-refractivity contribution >= 4 is 5.69 Å². The quantitative estimate of drug-likeness (QED) is 0.451. The first-order valence-corrected chi connectivity index (χ1v) is 5.81. The molecule has 0 bridgehead atoms. The molecule has 18 heavy (non-hydrogen) atoms. The molecule has 1 aromatic heterocycles. The molecule has 0 N–H and O–H groups in total. The third kappa shape index (κ3) is 2.87. The van der Waals surface area contributed by atoms with Crippen molar-refractivity contribution in [3.05, 3.63) is 40.6 Å². The van der Waals surface area contributed by atoms with Crippen molar-refractivity contribution in [2.75, 3.05) is 0 Å². The van der Waals surface area contributed by atoms with Gasteiger partial charge in [-0.2, -0.15) is 0 Å². The predicted octanol–water partition coefficient (Wildman–Crippen LogP) is 4.02. The predicted molar refractivity (Wildman–Crippen MR) is 67.2 cm³/mol. The topological polar surface area (TPSA) is 87.7 Å². The van der Waals surface area contributed by atoms with Crippen LogP contribution in [0.15, 0.2) is 33.8 Å². The summed E-state index contributed by atoms with van der Waals surface area (Å²) >= 11 is 0.